The number of azide groups is 2. The summed E-state index contributed by atoms with van der Waals surface area (Å²) in [6.07, 6.45) is 1.68. The van der Waals surface area contributed by atoms with Crippen LogP contribution in [-0.4, -0.2) is 6.21 Å². The maximum atomic E-state index is 8.63. The van der Waals surface area contributed by atoms with E-state index in [1.807, 2.05) is 44.2 Å². The van der Waals surface area contributed by atoms with Crippen LogP contribution in [0.4, 0.5) is 11.4 Å². The summed E-state index contributed by atoms with van der Waals surface area (Å²) in [5.74, 6) is 0. The van der Waals surface area contributed by atoms with Crippen molar-refractivity contribution in [2.75, 3.05) is 0 Å². The number of hydrogen-bond donors (Lipinski definition) is 0. The van der Waals surface area contributed by atoms with Crippen molar-refractivity contribution in [3.8, 4) is 0 Å². The van der Waals surface area contributed by atoms with E-state index in [0.717, 1.165) is 16.7 Å². The molecule has 0 aliphatic heterocycles. The van der Waals surface area contributed by atoms with E-state index < -0.39 is 0 Å². The standard InChI is InChI=1S/C16H15N7/c1-11-7-8-15(20-22-17)13(9-11)10-19-12(2)14-5-3-4-6-16(14)21-23-18/h3-10,12H,1-2H3. The molecule has 0 heterocycles. The smallest absolute Gasteiger partial charge is 0.0725 e. The third-order valence-corrected chi connectivity index (χ3v) is 3.31. The zero-order chi connectivity index (χ0) is 16.7. The number of benzene rings is 2. The van der Waals surface area contributed by atoms with Crippen LogP contribution in [0.3, 0.4) is 0 Å². The molecule has 0 aliphatic rings. The Kier molecular flexibility index (Phi) is 5.36. The second-order valence-electron chi connectivity index (χ2n) is 4.95. The fourth-order valence-electron chi connectivity index (χ4n) is 2.17. The van der Waals surface area contributed by atoms with Gasteiger partial charge in [-0.05, 0) is 30.5 Å². The lowest BCUT2D eigenvalue weighted by atomic mass is 10.1. The molecule has 1 atom stereocenters. The molecule has 2 rings (SSSR count). The number of hydrogen-bond acceptors (Lipinski definition) is 3. The molecular weight excluding hydrogens is 290 g/mol. The molecule has 0 saturated carbocycles. The van der Waals surface area contributed by atoms with Gasteiger partial charge in [-0.25, -0.2) is 0 Å². The maximum Gasteiger partial charge on any atom is 0.0725 e. The van der Waals surface area contributed by atoms with Gasteiger partial charge in [0.15, 0.2) is 0 Å². The Morgan fingerprint density at radius 3 is 2.43 bits per heavy atom. The van der Waals surface area contributed by atoms with Gasteiger partial charge in [0.2, 0.25) is 0 Å². The summed E-state index contributed by atoms with van der Waals surface area (Å²) in [4.78, 5) is 10.2. The average molecular weight is 305 g/mol. The molecule has 0 aromatic heterocycles. The number of nitrogens with zero attached hydrogens (tertiary/aromatic N) is 7. The minimum Gasteiger partial charge on any atom is -0.285 e. The van der Waals surface area contributed by atoms with Crippen LogP contribution in [-0.2, 0) is 0 Å². The van der Waals surface area contributed by atoms with E-state index in [9.17, 15) is 0 Å². The van der Waals surface area contributed by atoms with E-state index >= 15 is 0 Å². The van der Waals surface area contributed by atoms with E-state index in [1.165, 1.54) is 0 Å². The molecular formula is C16H15N7. The fourth-order valence-corrected chi connectivity index (χ4v) is 2.17. The van der Waals surface area contributed by atoms with Gasteiger partial charge in [0, 0.05) is 33.0 Å². The van der Waals surface area contributed by atoms with Crippen LogP contribution in [0, 0.1) is 6.92 Å². The van der Waals surface area contributed by atoms with Crippen LogP contribution in [0.25, 0.3) is 20.9 Å². The molecule has 0 spiro atoms. The Hall–Kier alpha value is -3.27. The highest BCUT2D eigenvalue weighted by atomic mass is 15.1. The van der Waals surface area contributed by atoms with Gasteiger partial charge in [0.25, 0.3) is 0 Å². The average Bonchev–Trinajstić information content (AvgIpc) is 2.56. The topological polar surface area (TPSA) is 110 Å². The van der Waals surface area contributed by atoms with E-state index in [1.54, 1.807) is 18.3 Å². The van der Waals surface area contributed by atoms with Crippen LogP contribution in [0.15, 0.2) is 57.7 Å². The van der Waals surface area contributed by atoms with Gasteiger partial charge in [-0.3, -0.25) is 4.99 Å². The zero-order valence-electron chi connectivity index (χ0n) is 12.8. The highest BCUT2D eigenvalue weighted by Crippen LogP contribution is 2.28. The van der Waals surface area contributed by atoms with Gasteiger partial charge >= 0.3 is 0 Å². The summed E-state index contributed by atoms with van der Waals surface area (Å²) in [5.41, 5.74) is 21.0. The molecule has 7 heteroatoms. The molecule has 2 aromatic rings. The molecule has 7 nitrogen and oxygen atoms in total. The lowest BCUT2D eigenvalue weighted by Gasteiger charge is -2.10. The van der Waals surface area contributed by atoms with Crippen LogP contribution in [0.1, 0.15) is 29.7 Å². The van der Waals surface area contributed by atoms with E-state index in [0.29, 0.717) is 11.4 Å². The minimum atomic E-state index is -0.198. The Bertz CT molecular complexity index is 828. The summed E-state index contributed by atoms with van der Waals surface area (Å²) >= 11 is 0. The van der Waals surface area contributed by atoms with Crippen molar-refractivity contribution in [1.29, 1.82) is 0 Å². The number of aliphatic imine (C=N–C) groups is 1. The van der Waals surface area contributed by atoms with E-state index in [2.05, 4.69) is 25.0 Å². The molecule has 0 bridgehead atoms. The van der Waals surface area contributed by atoms with E-state index in [-0.39, 0.29) is 6.04 Å². The first-order valence-corrected chi connectivity index (χ1v) is 6.98. The van der Waals surface area contributed by atoms with Crippen molar-refractivity contribution in [2.45, 2.75) is 19.9 Å². The van der Waals surface area contributed by atoms with Gasteiger partial charge < -0.3 is 0 Å². The van der Waals surface area contributed by atoms with Gasteiger partial charge in [0.1, 0.15) is 0 Å². The number of aryl methyl sites for hydroxylation is 1. The van der Waals surface area contributed by atoms with Crippen molar-refractivity contribution in [2.24, 2.45) is 15.2 Å². The molecule has 2 aromatic carbocycles. The molecule has 114 valence electrons. The summed E-state index contributed by atoms with van der Waals surface area (Å²) < 4.78 is 0. The minimum absolute atomic E-state index is 0.198. The molecule has 0 N–H and O–H groups in total. The largest absolute Gasteiger partial charge is 0.285 e. The number of rotatable bonds is 5. The third kappa shape index (κ3) is 4.11. The summed E-state index contributed by atoms with van der Waals surface area (Å²) in [7, 11) is 0. The molecule has 0 aliphatic carbocycles. The van der Waals surface area contributed by atoms with Crippen LogP contribution >= 0.6 is 0 Å². The Labute approximate surface area is 133 Å². The fraction of sp³-hybridized carbons (Fsp3) is 0.188. The predicted molar refractivity (Wildman–Crippen MR) is 91.2 cm³/mol. The molecule has 0 saturated heterocycles. The van der Waals surface area contributed by atoms with Gasteiger partial charge in [-0.15, -0.1) is 0 Å². The van der Waals surface area contributed by atoms with Crippen molar-refractivity contribution in [3.05, 3.63) is 80.0 Å². The van der Waals surface area contributed by atoms with Crippen molar-refractivity contribution in [3.63, 3.8) is 0 Å². The lowest BCUT2D eigenvalue weighted by molar-refractivity contribution is 0.825. The van der Waals surface area contributed by atoms with Crippen molar-refractivity contribution >= 4 is 17.6 Å². The lowest BCUT2D eigenvalue weighted by Crippen LogP contribution is -1.92. The van der Waals surface area contributed by atoms with Gasteiger partial charge in [-0.1, -0.05) is 58.3 Å². The quantitative estimate of drug-likeness (QED) is 0.277. The van der Waals surface area contributed by atoms with Crippen LogP contribution < -0.4 is 0 Å². The Morgan fingerprint density at radius 1 is 1.00 bits per heavy atom. The summed E-state index contributed by atoms with van der Waals surface area (Å²) in [6.45, 7) is 3.86. The van der Waals surface area contributed by atoms with Gasteiger partial charge in [-0.2, -0.15) is 0 Å². The molecule has 0 fully saturated rings. The first kappa shape index (κ1) is 16.1. The second-order valence-corrected chi connectivity index (χ2v) is 4.95. The van der Waals surface area contributed by atoms with Gasteiger partial charge in [0.05, 0.1) is 6.04 Å². The molecule has 1 unspecified atom stereocenters. The van der Waals surface area contributed by atoms with Crippen LogP contribution in [0.5, 0.6) is 0 Å². The first-order valence-electron chi connectivity index (χ1n) is 6.98. The second kappa shape index (κ2) is 7.66. The molecule has 23 heavy (non-hydrogen) atoms. The summed E-state index contributed by atoms with van der Waals surface area (Å²) in [5, 5.41) is 7.35. The van der Waals surface area contributed by atoms with Crippen LogP contribution in [0.2, 0.25) is 0 Å². The van der Waals surface area contributed by atoms with E-state index in [4.69, 9.17) is 11.1 Å². The van der Waals surface area contributed by atoms with Crippen molar-refractivity contribution < 1.29 is 0 Å². The Morgan fingerprint density at radius 2 is 1.70 bits per heavy atom. The first-order chi connectivity index (χ1) is 11.2. The highest BCUT2D eigenvalue weighted by molar-refractivity contribution is 5.87. The normalized spacial score (nSPS) is 11.6. The Balaban J connectivity index is 2.35. The highest BCUT2D eigenvalue weighted by Gasteiger charge is 2.07. The predicted octanol–water partition coefficient (Wildman–Crippen LogP) is 6.06. The zero-order valence-corrected chi connectivity index (χ0v) is 12.8. The maximum absolute atomic E-state index is 8.63. The van der Waals surface area contributed by atoms with Crippen molar-refractivity contribution in [1.82, 2.24) is 0 Å². The SMILES string of the molecule is Cc1ccc(N=[N+]=[N-])c(C=NC(C)c2ccccc2N=[N+]=[N-])c1. The third-order valence-electron chi connectivity index (χ3n) is 3.31. The monoisotopic (exact) mass is 305 g/mol. The molecule has 0 radical (unpaired) electrons. The summed E-state index contributed by atoms with van der Waals surface area (Å²) in [6, 6.07) is 12.6. The molecule has 0 amide bonds.